The molecular weight excluding hydrogens is 285 g/mol. The summed E-state index contributed by atoms with van der Waals surface area (Å²) in [5, 5.41) is 11.0. The second kappa shape index (κ2) is 5.79. The number of nitro benzene ring substituents is 1. The molecule has 0 aliphatic rings. The topological polar surface area (TPSA) is 60.2 Å². The van der Waals surface area contributed by atoms with E-state index in [-0.39, 0.29) is 22.7 Å². The van der Waals surface area contributed by atoms with E-state index in [1.54, 1.807) is 0 Å². The number of rotatable bonds is 4. The minimum absolute atomic E-state index is 0.0336. The van der Waals surface area contributed by atoms with Crippen molar-refractivity contribution in [1.82, 2.24) is 0 Å². The van der Waals surface area contributed by atoms with Crippen LogP contribution in [0.1, 0.15) is 15.9 Å². The van der Waals surface area contributed by atoms with Crippen LogP contribution in [0.25, 0.3) is 0 Å². The summed E-state index contributed by atoms with van der Waals surface area (Å²) in [4.78, 5) is 22.4. The van der Waals surface area contributed by atoms with Crippen LogP contribution in [0.4, 0.5) is 10.1 Å². The molecule has 0 N–H and O–H groups in total. The lowest BCUT2D eigenvalue weighted by Gasteiger charge is -2.05. The molecule has 0 aliphatic heterocycles. The lowest BCUT2D eigenvalue weighted by molar-refractivity contribution is -0.385. The molecular formula is C14H9ClFNO3. The van der Waals surface area contributed by atoms with Gasteiger partial charge in [0.15, 0.2) is 5.78 Å². The lowest BCUT2D eigenvalue weighted by Crippen LogP contribution is -2.08. The number of nitro groups is 1. The summed E-state index contributed by atoms with van der Waals surface area (Å²) in [6, 6.07) is 9.42. The first kappa shape index (κ1) is 14.1. The van der Waals surface area contributed by atoms with E-state index in [0.29, 0.717) is 5.56 Å². The first-order valence-corrected chi connectivity index (χ1v) is 6.07. The SMILES string of the molecule is O=C(Cc1ccc(F)cc1)c1c(Cl)cccc1[N+](=O)[O-]. The van der Waals surface area contributed by atoms with Crippen molar-refractivity contribution < 1.29 is 14.1 Å². The molecule has 0 amide bonds. The summed E-state index contributed by atoms with van der Waals surface area (Å²) in [5.74, 6) is -0.890. The summed E-state index contributed by atoms with van der Waals surface area (Å²) >= 11 is 5.87. The molecule has 0 heterocycles. The molecule has 0 saturated carbocycles. The minimum atomic E-state index is -0.649. The van der Waals surface area contributed by atoms with Gasteiger partial charge in [-0.25, -0.2) is 4.39 Å². The van der Waals surface area contributed by atoms with Crippen molar-refractivity contribution in [1.29, 1.82) is 0 Å². The Hall–Kier alpha value is -2.27. The first-order valence-electron chi connectivity index (χ1n) is 5.69. The maximum Gasteiger partial charge on any atom is 0.281 e. The standard InChI is InChI=1S/C14H9ClFNO3/c15-11-2-1-3-12(17(19)20)14(11)13(18)8-9-4-6-10(16)7-5-9/h1-7H,8H2. The number of ketones is 1. The van der Waals surface area contributed by atoms with Crippen LogP contribution >= 0.6 is 11.6 Å². The summed E-state index contributed by atoms with van der Waals surface area (Å²) < 4.78 is 12.8. The van der Waals surface area contributed by atoms with Gasteiger partial charge in [-0.05, 0) is 23.8 Å². The van der Waals surface area contributed by atoms with Gasteiger partial charge in [0.25, 0.3) is 5.69 Å². The molecule has 0 unspecified atom stereocenters. The van der Waals surface area contributed by atoms with E-state index in [1.165, 1.54) is 42.5 Å². The molecule has 0 radical (unpaired) electrons. The van der Waals surface area contributed by atoms with Crippen molar-refractivity contribution >= 4 is 23.1 Å². The van der Waals surface area contributed by atoms with Crippen molar-refractivity contribution in [3.63, 3.8) is 0 Å². The number of hydrogen-bond acceptors (Lipinski definition) is 3. The van der Waals surface area contributed by atoms with Gasteiger partial charge < -0.3 is 0 Å². The highest BCUT2D eigenvalue weighted by Gasteiger charge is 2.23. The molecule has 0 saturated heterocycles. The predicted molar refractivity (Wildman–Crippen MR) is 72.5 cm³/mol. The zero-order valence-electron chi connectivity index (χ0n) is 10.2. The van der Waals surface area contributed by atoms with Crippen molar-refractivity contribution in [2.24, 2.45) is 0 Å². The van der Waals surface area contributed by atoms with Crippen LogP contribution < -0.4 is 0 Å². The van der Waals surface area contributed by atoms with Crippen molar-refractivity contribution in [3.05, 3.63) is 74.5 Å². The largest absolute Gasteiger partial charge is 0.293 e. The fourth-order valence-electron chi connectivity index (χ4n) is 1.82. The molecule has 6 heteroatoms. The molecule has 0 atom stereocenters. The Morgan fingerprint density at radius 3 is 2.45 bits per heavy atom. The van der Waals surface area contributed by atoms with Gasteiger partial charge in [-0.15, -0.1) is 0 Å². The van der Waals surface area contributed by atoms with Gasteiger partial charge in [0.2, 0.25) is 0 Å². The number of benzene rings is 2. The summed E-state index contributed by atoms with van der Waals surface area (Å²) in [6.07, 6.45) is -0.0785. The van der Waals surface area contributed by atoms with Gasteiger partial charge in [0.1, 0.15) is 11.4 Å². The molecule has 2 aromatic rings. The second-order valence-electron chi connectivity index (χ2n) is 4.12. The van der Waals surface area contributed by atoms with Crippen LogP contribution in [0, 0.1) is 15.9 Å². The average molecular weight is 294 g/mol. The fraction of sp³-hybridized carbons (Fsp3) is 0.0714. The van der Waals surface area contributed by atoms with E-state index >= 15 is 0 Å². The van der Waals surface area contributed by atoms with Gasteiger partial charge in [-0.1, -0.05) is 29.8 Å². The van der Waals surface area contributed by atoms with E-state index in [0.717, 1.165) is 0 Å². The minimum Gasteiger partial charge on any atom is -0.293 e. The molecule has 0 fully saturated rings. The Morgan fingerprint density at radius 1 is 1.20 bits per heavy atom. The highest BCUT2D eigenvalue weighted by molar-refractivity contribution is 6.34. The Balaban J connectivity index is 2.34. The average Bonchev–Trinajstić information content (AvgIpc) is 2.40. The van der Waals surface area contributed by atoms with E-state index < -0.39 is 16.5 Å². The fourth-order valence-corrected chi connectivity index (χ4v) is 2.09. The third kappa shape index (κ3) is 3.00. The summed E-state index contributed by atoms with van der Waals surface area (Å²) in [7, 11) is 0. The van der Waals surface area contributed by atoms with Crippen LogP contribution in [0.3, 0.4) is 0 Å². The number of carbonyl (C=O) groups excluding carboxylic acids is 1. The van der Waals surface area contributed by atoms with Crippen LogP contribution in [0.15, 0.2) is 42.5 Å². The lowest BCUT2D eigenvalue weighted by atomic mass is 10.0. The molecule has 2 aromatic carbocycles. The third-order valence-electron chi connectivity index (χ3n) is 2.75. The Labute approximate surface area is 119 Å². The molecule has 102 valence electrons. The number of hydrogen-bond donors (Lipinski definition) is 0. The van der Waals surface area contributed by atoms with Crippen LogP contribution in [0.5, 0.6) is 0 Å². The first-order chi connectivity index (χ1) is 9.49. The molecule has 4 nitrogen and oxygen atoms in total. The third-order valence-corrected chi connectivity index (χ3v) is 3.06. The van der Waals surface area contributed by atoms with Crippen molar-refractivity contribution in [2.75, 3.05) is 0 Å². The zero-order chi connectivity index (χ0) is 14.7. The highest BCUT2D eigenvalue weighted by Crippen LogP contribution is 2.27. The van der Waals surface area contributed by atoms with Crippen molar-refractivity contribution in [3.8, 4) is 0 Å². The second-order valence-corrected chi connectivity index (χ2v) is 4.52. The zero-order valence-corrected chi connectivity index (χ0v) is 10.9. The molecule has 20 heavy (non-hydrogen) atoms. The van der Waals surface area contributed by atoms with Gasteiger partial charge in [0, 0.05) is 12.5 Å². The highest BCUT2D eigenvalue weighted by atomic mass is 35.5. The Kier molecular flexibility index (Phi) is 4.10. The van der Waals surface area contributed by atoms with Crippen LogP contribution in [-0.4, -0.2) is 10.7 Å². The normalized spacial score (nSPS) is 10.3. The van der Waals surface area contributed by atoms with Crippen LogP contribution in [-0.2, 0) is 6.42 Å². The van der Waals surface area contributed by atoms with E-state index in [4.69, 9.17) is 11.6 Å². The Morgan fingerprint density at radius 2 is 1.85 bits per heavy atom. The number of nitrogens with zero attached hydrogens (tertiary/aromatic N) is 1. The molecule has 0 aliphatic carbocycles. The van der Waals surface area contributed by atoms with E-state index in [2.05, 4.69) is 0 Å². The molecule has 2 rings (SSSR count). The van der Waals surface area contributed by atoms with E-state index in [9.17, 15) is 19.3 Å². The number of halogens is 2. The molecule has 0 bridgehead atoms. The van der Waals surface area contributed by atoms with Crippen LogP contribution in [0.2, 0.25) is 5.02 Å². The van der Waals surface area contributed by atoms with Gasteiger partial charge in [0.05, 0.1) is 9.95 Å². The summed E-state index contributed by atoms with van der Waals surface area (Å²) in [6.45, 7) is 0. The maximum absolute atomic E-state index is 12.8. The smallest absolute Gasteiger partial charge is 0.281 e. The quantitative estimate of drug-likeness (QED) is 0.489. The number of Topliss-reactive ketones (excluding diaryl/α,β-unsaturated/α-hetero) is 1. The predicted octanol–water partition coefficient (Wildman–Crippen LogP) is 3.81. The Bertz CT molecular complexity index is 671. The van der Waals surface area contributed by atoms with Gasteiger partial charge in [-0.2, -0.15) is 0 Å². The maximum atomic E-state index is 12.8. The van der Waals surface area contributed by atoms with Gasteiger partial charge >= 0.3 is 0 Å². The molecule has 0 spiro atoms. The van der Waals surface area contributed by atoms with Crippen molar-refractivity contribution in [2.45, 2.75) is 6.42 Å². The number of carbonyl (C=O) groups is 1. The summed E-state index contributed by atoms with van der Waals surface area (Å²) in [5.41, 5.74) is 0.110. The van der Waals surface area contributed by atoms with Gasteiger partial charge in [-0.3, -0.25) is 14.9 Å². The molecule has 0 aromatic heterocycles. The monoisotopic (exact) mass is 293 g/mol. The van der Waals surface area contributed by atoms with E-state index in [1.807, 2.05) is 0 Å².